The second kappa shape index (κ2) is 5.76. The Morgan fingerprint density at radius 1 is 1.56 bits per heavy atom. The Bertz CT molecular complexity index is 431. The topological polar surface area (TPSA) is 54.3 Å². The zero-order chi connectivity index (χ0) is 13.1. The van der Waals surface area contributed by atoms with E-state index in [1.807, 2.05) is 0 Å². The van der Waals surface area contributed by atoms with Crippen LogP contribution in [0.15, 0.2) is 12.3 Å². The van der Waals surface area contributed by atoms with E-state index in [1.54, 1.807) is 23.9 Å². The van der Waals surface area contributed by atoms with Crippen molar-refractivity contribution in [3.63, 3.8) is 0 Å². The van der Waals surface area contributed by atoms with Crippen LogP contribution in [0.25, 0.3) is 0 Å². The van der Waals surface area contributed by atoms with E-state index in [0.717, 1.165) is 25.7 Å². The molecule has 2 rings (SSSR count). The van der Waals surface area contributed by atoms with Gasteiger partial charge in [0.25, 0.3) is 5.91 Å². The second-order valence-electron chi connectivity index (χ2n) is 4.96. The molecular formula is C13H19ClN2O2. The quantitative estimate of drug-likeness (QED) is 0.882. The monoisotopic (exact) mass is 270 g/mol. The molecule has 0 aliphatic heterocycles. The highest BCUT2D eigenvalue weighted by Gasteiger charge is 2.26. The van der Waals surface area contributed by atoms with Crippen LogP contribution in [0.1, 0.15) is 36.2 Å². The van der Waals surface area contributed by atoms with Gasteiger partial charge in [-0.2, -0.15) is 0 Å². The lowest BCUT2D eigenvalue weighted by atomic mass is 9.85. The van der Waals surface area contributed by atoms with Gasteiger partial charge in [-0.25, -0.2) is 0 Å². The number of nitrogens with zero attached hydrogens (tertiary/aromatic N) is 1. The van der Waals surface area contributed by atoms with Crippen LogP contribution in [0.3, 0.4) is 0 Å². The minimum atomic E-state index is -0.116. The zero-order valence-electron chi connectivity index (χ0n) is 10.5. The van der Waals surface area contributed by atoms with Gasteiger partial charge in [-0.15, -0.1) is 0 Å². The average Bonchev–Trinajstić information content (AvgIpc) is 2.69. The maximum atomic E-state index is 12.1. The minimum Gasteiger partial charge on any atom is -0.396 e. The van der Waals surface area contributed by atoms with Crippen LogP contribution >= 0.6 is 11.6 Å². The molecule has 0 spiro atoms. The highest BCUT2D eigenvalue weighted by atomic mass is 35.5. The molecule has 1 aromatic rings. The molecule has 1 amide bonds. The maximum absolute atomic E-state index is 12.1. The summed E-state index contributed by atoms with van der Waals surface area (Å²) in [6.07, 6.45) is 5.87. The Labute approximate surface area is 112 Å². The number of nitrogens with one attached hydrogen (secondary N) is 1. The predicted molar refractivity (Wildman–Crippen MR) is 70.7 cm³/mol. The number of aliphatic hydroxyl groups excluding tert-OH is 1. The second-order valence-corrected chi connectivity index (χ2v) is 5.40. The van der Waals surface area contributed by atoms with Crippen LogP contribution in [0.4, 0.5) is 0 Å². The minimum absolute atomic E-state index is 0.0740. The van der Waals surface area contributed by atoms with Crippen LogP contribution in [0.2, 0.25) is 5.02 Å². The molecule has 4 nitrogen and oxygen atoms in total. The summed E-state index contributed by atoms with van der Waals surface area (Å²) in [5.74, 6) is 0.0631. The van der Waals surface area contributed by atoms with Crippen molar-refractivity contribution < 1.29 is 9.90 Å². The van der Waals surface area contributed by atoms with E-state index >= 15 is 0 Å². The van der Waals surface area contributed by atoms with Crippen molar-refractivity contribution in [3.05, 3.63) is 23.0 Å². The van der Waals surface area contributed by atoms with Crippen molar-refractivity contribution in [1.82, 2.24) is 9.88 Å². The molecule has 1 aliphatic rings. The summed E-state index contributed by atoms with van der Waals surface area (Å²) in [5, 5.41) is 12.9. The standard InChI is InChI=1S/C13H19ClN2O2/c1-16-7-10(14)6-12(16)13(18)15-11-5-3-2-4-9(11)8-17/h6-7,9,11,17H,2-5,8H2,1H3,(H,15,18). The molecule has 0 saturated heterocycles. The number of carbonyl (C=O) groups is 1. The summed E-state index contributed by atoms with van der Waals surface area (Å²) in [4.78, 5) is 12.1. The number of aliphatic hydroxyl groups is 1. The molecule has 1 saturated carbocycles. The number of hydrogen-bond acceptors (Lipinski definition) is 2. The third kappa shape index (κ3) is 2.87. The van der Waals surface area contributed by atoms with Gasteiger partial charge < -0.3 is 15.0 Å². The van der Waals surface area contributed by atoms with E-state index in [4.69, 9.17) is 11.6 Å². The van der Waals surface area contributed by atoms with Gasteiger partial charge in [0, 0.05) is 31.8 Å². The largest absolute Gasteiger partial charge is 0.396 e. The van der Waals surface area contributed by atoms with Crippen LogP contribution in [-0.2, 0) is 7.05 Å². The molecule has 0 aromatic carbocycles. The van der Waals surface area contributed by atoms with E-state index in [-0.39, 0.29) is 24.5 Å². The fourth-order valence-corrected chi connectivity index (χ4v) is 2.86. The number of carbonyl (C=O) groups excluding carboxylic acids is 1. The molecule has 100 valence electrons. The van der Waals surface area contributed by atoms with Crippen molar-refractivity contribution in [2.24, 2.45) is 13.0 Å². The summed E-state index contributed by atoms with van der Waals surface area (Å²) >= 11 is 5.87. The lowest BCUT2D eigenvalue weighted by Crippen LogP contribution is -2.43. The van der Waals surface area contributed by atoms with E-state index in [9.17, 15) is 9.90 Å². The van der Waals surface area contributed by atoms with E-state index in [0.29, 0.717) is 10.7 Å². The summed E-state index contributed by atoms with van der Waals surface area (Å²) in [6, 6.07) is 1.73. The van der Waals surface area contributed by atoms with Crippen molar-refractivity contribution in [2.75, 3.05) is 6.61 Å². The summed E-state index contributed by atoms with van der Waals surface area (Å²) < 4.78 is 1.72. The Kier molecular flexibility index (Phi) is 4.30. The fourth-order valence-electron chi connectivity index (χ4n) is 2.61. The van der Waals surface area contributed by atoms with Gasteiger partial charge in [0.05, 0.1) is 5.02 Å². The third-order valence-corrected chi connectivity index (χ3v) is 3.87. The number of halogens is 1. The number of aromatic nitrogens is 1. The molecule has 1 aromatic heterocycles. The lowest BCUT2D eigenvalue weighted by molar-refractivity contribution is 0.0864. The third-order valence-electron chi connectivity index (χ3n) is 3.66. The normalized spacial score (nSPS) is 23.9. The summed E-state index contributed by atoms with van der Waals surface area (Å²) in [5.41, 5.74) is 0.558. The highest BCUT2D eigenvalue weighted by Crippen LogP contribution is 2.24. The van der Waals surface area contributed by atoms with E-state index in [2.05, 4.69) is 5.32 Å². The van der Waals surface area contributed by atoms with Crippen LogP contribution in [0, 0.1) is 5.92 Å². The molecule has 5 heteroatoms. The SMILES string of the molecule is Cn1cc(Cl)cc1C(=O)NC1CCCCC1CO. The fraction of sp³-hybridized carbons (Fsp3) is 0.615. The van der Waals surface area contributed by atoms with Gasteiger partial charge in [-0.3, -0.25) is 4.79 Å². The van der Waals surface area contributed by atoms with Crippen molar-refractivity contribution in [2.45, 2.75) is 31.7 Å². The molecule has 0 bridgehead atoms. The van der Waals surface area contributed by atoms with Crippen LogP contribution < -0.4 is 5.32 Å². The Morgan fingerprint density at radius 2 is 2.28 bits per heavy atom. The van der Waals surface area contributed by atoms with E-state index < -0.39 is 0 Å². The van der Waals surface area contributed by atoms with Gasteiger partial charge in [0.2, 0.25) is 0 Å². The van der Waals surface area contributed by atoms with Crippen molar-refractivity contribution in [1.29, 1.82) is 0 Å². The molecule has 2 atom stereocenters. The molecule has 0 radical (unpaired) electrons. The first-order valence-electron chi connectivity index (χ1n) is 6.35. The van der Waals surface area contributed by atoms with E-state index in [1.165, 1.54) is 0 Å². The first kappa shape index (κ1) is 13.4. The Morgan fingerprint density at radius 3 is 2.89 bits per heavy atom. The van der Waals surface area contributed by atoms with Crippen molar-refractivity contribution in [3.8, 4) is 0 Å². The zero-order valence-corrected chi connectivity index (χ0v) is 11.3. The first-order chi connectivity index (χ1) is 8.61. The van der Waals surface area contributed by atoms with Gasteiger partial charge in [0.1, 0.15) is 5.69 Å². The molecule has 1 aliphatic carbocycles. The van der Waals surface area contributed by atoms with Gasteiger partial charge in [-0.1, -0.05) is 24.4 Å². The molecule has 1 heterocycles. The van der Waals surface area contributed by atoms with Crippen molar-refractivity contribution >= 4 is 17.5 Å². The maximum Gasteiger partial charge on any atom is 0.268 e. The first-order valence-corrected chi connectivity index (χ1v) is 6.73. The lowest BCUT2D eigenvalue weighted by Gasteiger charge is -2.30. The number of rotatable bonds is 3. The smallest absolute Gasteiger partial charge is 0.268 e. The van der Waals surface area contributed by atoms with Gasteiger partial charge in [-0.05, 0) is 18.9 Å². The summed E-state index contributed by atoms with van der Waals surface area (Å²) in [6.45, 7) is 0.138. The average molecular weight is 271 g/mol. The van der Waals surface area contributed by atoms with Crippen LogP contribution in [0.5, 0.6) is 0 Å². The predicted octanol–water partition coefficient (Wildman–Crippen LogP) is 1.96. The molecule has 2 N–H and O–H groups in total. The van der Waals surface area contributed by atoms with Gasteiger partial charge >= 0.3 is 0 Å². The molecule has 2 unspecified atom stereocenters. The molecule has 1 fully saturated rings. The Balaban J connectivity index is 2.04. The van der Waals surface area contributed by atoms with Gasteiger partial charge in [0.15, 0.2) is 0 Å². The number of amides is 1. The van der Waals surface area contributed by atoms with Crippen LogP contribution in [-0.4, -0.2) is 28.2 Å². The highest BCUT2D eigenvalue weighted by molar-refractivity contribution is 6.31. The number of aryl methyl sites for hydroxylation is 1. The molecular weight excluding hydrogens is 252 g/mol. The summed E-state index contributed by atoms with van der Waals surface area (Å²) in [7, 11) is 1.80. The number of hydrogen-bond donors (Lipinski definition) is 2. The molecule has 18 heavy (non-hydrogen) atoms. The Hall–Kier alpha value is -1.00.